The third-order valence-corrected chi connectivity index (χ3v) is 3.10. The number of hydrogen-bond donors (Lipinski definition) is 0. The third-order valence-electron chi connectivity index (χ3n) is 3.10. The van der Waals surface area contributed by atoms with Gasteiger partial charge in [-0.25, -0.2) is 4.98 Å². The Morgan fingerprint density at radius 3 is 2.59 bits per heavy atom. The number of pyridine rings is 1. The number of alkyl halides is 3. The molecule has 0 amide bonds. The number of rotatable bonds is 2. The van der Waals surface area contributed by atoms with Crippen molar-refractivity contribution in [2.45, 2.75) is 6.18 Å². The smallest absolute Gasteiger partial charge is 0.422 e. The first-order valence-electron chi connectivity index (χ1n) is 6.39. The average molecular weight is 302 g/mol. The lowest BCUT2D eigenvalue weighted by Crippen LogP contribution is -2.19. The Kier molecular flexibility index (Phi) is 3.33. The van der Waals surface area contributed by atoms with Gasteiger partial charge in [-0.05, 0) is 18.2 Å². The van der Waals surface area contributed by atoms with Crippen LogP contribution in [-0.4, -0.2) is 17.8 Å². The fraction of sp³-hybridized carbons (Fsp3) is 0.125. The van der Waals surface area contributed by atoms with Crippen LogP contribution in [0.3, 0.4) is 0 Å². The summed E-state index contributed by atoms with van der Waals surface area (Å²) >= 11 is 0. The summed E-state index contributed by atoms with van der Waals surface area (Å²) in [5.41, 5.74) is 1.18. The number of ether oxygens (including phenoxy) is 1. The second kappa shape index (κ2) is 5.19. The van der Waals surface area contributed by atoms with Gasteiger partial charge in [-0.3, -0.25) is 0 Å². The van der Waals surface area contributed by atoms with Gasteiger partial charge in [-0.15, -0.1) is 0 Å². The molecule has 3 rings (SSSR count). The van der Waals surface area contributed by atoms with Crippen molar-refractivity contribution in [2.75, 3.05) is 6.61 Å². The predicted molar refractivity (Wildman–Crippen MR) is 75.5 cm³/mol. The van der Waals surface area contributed by atoms with Gasteiger partial charge in [-0.1, -0.05) is 18.2 Å². The maximum Gasteiger partial charge on any atom is 0.422 e. The molecule has 1 aromatic heterocycles. The molecule has 0 radical (unpaired) electrons. The van der Waals surface area contributed by atoms with Gasteiger partial charge in [0.1, 0.15) is 11.3 Å². The number of halogens is 3. The van der Waals surface area contributed by atoms with Crippen LogP contribution in [0.2, 0.25) is 0 Å². The van der Waals surface area contributed by atoms with E-state index in [4.69, 9.17) is 10.00 Å². The summed E-state index contributed by atoms with van der Waals surface area (Å²) in [6.45, 7) is -1.43. The number of benzene rings is 2. The molecule has 0 aliphatic rings. The fourth-order valence-corrected chi connectivity index (χ4v) is 2.19. The molecule has 0 saturated heterocycles. The molecule has 6 heteroatoms. The minimum Gasteiger partial charge on any atom is -0.482 e. The summed E-state index contributed by atoms with van der Waals surface area (Å²) in [7, 11) is 0. The number of para-hydroxylation sites is 1. The van der Waals surface area contributed by atoms with E-state index in [1.165, 1.54) is 6.07 Å². The molecule has 0 spiro atoms. The lowest BCUT2D eigenvalue weighted by Gasteiger charge is -2.12. The van der Waals surface area contributed by atoms with Gasteiger partial charge in [-0.2, -0.15) is 18.4 Å². The van der Waals surface area contributed by atoms with E-state index in [9.17, 15) is 13.2 Å². The van der Waals surface area contributed by atoms with Crippen LogP contribution in [0.15, 0.2) is 42.5 Å². The van der Waals surface area contributed by atoms with E-state index < -0.39 is 12.8 Å². The van der Waals surface area contributed by atoms with Gasteiger partial charge in [0.05, 0.1) is 17.1 Å². The fourth-order valence-electron chi connectivity index (χ4n) is 2.19. The average Bonchev–Trinajstić information content (AvgIpc) is 2.49. The van der Waals surface area contributed by atoms with Crippen LogP contribution in [0.1, 0.15) is 5.56 Å². The van der Waals surface area contributed by atoms with Crippen molar-refractivity contribution in [2.24, 2.45) is 0 Å². The summed E-state index contributed by atoms with van der Waals surface area (Å²) in [6.07, 6.45) is -4.45. The van der Waals surface area contributed by atoms with Crippen LogP contribution < -0.4 is 4.74 Å². The number of fused-ring (bicyclic) bond motifs is 2. The molecular formula is C16H9F3N2O. The summed E-state index contributed by atoms with van der Waals surface area (Å²) in [5.74, 6) is -0.0443. The van der Waals surface area contributed by atoms with Gasteiger partial charge in [0.25, 0.3) is 0 Å². The minimum absolute atomic E-state index is 0.0443. The van der Waals surface area contributed by atoms with E-state index in [0.29, 0.717) is 16.4 Å². The van der Waals surface area contributed by atoms with Crippen molar-refractivity contribution in [3.63, 3.8) is 0 Å². The van der Waals surface area contributed by atoms with Crippen molar-refractivity contribution < 1.29 is 17.9 Å². The van der Waals surface area contributed by atoms with Crippen molar-refractivity contribution in [3.8, 4) is 11.8 Å². The molecule has 3 aromatic rings. The molecule has 0 atom stereocenters. The molecule has 0 saturated carbocycles. The van der Waals surface area contributed by atoms with Crippen LogP contribution in [0.5, 0.6) is 5.75 Å². The van der Waals surface area contributed by atoms with E-state index in [1.54, 1.807) is 24.3 Å². The monoisotopic (exact) mass is 302 g/mol. The Hall–Kier alpha value is -2.81. The molecule has 0 bridgehead atoms. The molecule has 0 unspecified atom stereocenters. The van der Waals surface area contributed by atoms with E-state index in [-0.39, 0.29) is 11.3 Å². The van der Waals surface area contributed by atoms with E-state index in [2.05, 4.69) is 4.98 Å². The topological polar surface area (TPSA) is 45.9 Å². The zero-order chi connectivity index (χ0) is 15.7. The first kappa shape index (κ1) is 14.1. The molecular weight excluding hydrogens is 293 g/mol. The number of aromatic nitrogens is 1. The molecule has 1 heterocycles. The first-order chi connectivity index (χ1) is 10.5. The lowest BCUT2D eigenvalue weighted by molar-refractivity contribution is -0.153. The maximum absolute atomic E-state index is 12.4. The highest BCUT2D eigenvalue weighted by Crippen LogP contribution is 2.30. The first-order valence-corrected chi connectivity index (χ1v) is 6.39. The third kappa shape index (κ3) is 2.79. The van der Waals surface area contributed by atoms with Crippen molar-refractivity contribution in [1.29, 1.82) is 5.26 Å². The molecule has 22 heavy (non-hydrogen) atoms. The summed E-state index contributed by atoms with van der Waals surface area (Å²) in [6, 6.07) is 13.8. The normalized spacial score (nSPS) is 11.5. The van der Waals surface area contributed by atoms with Gasteiger partial charge in [0.15, 0.2) is 6.61 Å². The van der Waals surface area contributed by atoms with E-state index in [1.807, 2.05) is 18.2 Å². The molecule has 0 fully saturated rings. The molecule has 0 aliphatic carbocycles. The van der Waals surface area contributed by atoms with Gasteiger partial charge < -0.3 is 4.74 Å². The zero-order valence-corrected chi connectivity index (χ0v) is 11.2. The number of hydrogen-bond acceptors (Lipinski definition) is 3. The Bertz CT molecular complexity index is 897. The standard InChI is InChI=1S/C16H9F3N2O/c17-16(18,19)9-22-14-6-10(8-20)5-12-7-11-3-1-2-4-13(11)21-15(12)14/h1-7H,9H2. The number of nitriles is 1. The summed E-state index contributed by atoms with van der Waals surface area (Å²) in [4.78, 5) is 4.35. The molecule has 3 nitrogen and oxygen atoms in total. The minimum atomic E-state index is -4.45. The van der Waals surface area contributed by atoms with Gasteiger partial charge >= 0.3 is 6.18 Å². The van der Waals surface area contributed by atoms with Crippen LogP contribution in [0, 0.1) is 11.3 Å². The quantitative estimate of drug-likeness (QED) is 0.666. The Morgan fingerprint density at radius 1 is 1.09 bits per heavy atom. The zero-order valence-electron chi connectivity index (χ0n) is 11.2. The molecule has 0 aliphatic heterocycles. The maximum atomic E-state index is 12.4. The number of nitrogens with zero attached hydrogens (tertiary/aromatic N) is 2. The predicted octanol–water partition coefficient (Wildman–Crippen LogP) is 4.20. The highest BCUT2D eigenvalue weighted by atomic mass is 19.4. The highest BCUT2D eigenvalue weighted by Gasteiger charge is 2.29. The largest absolute Gasteiger partial charge is 0.482 e. The van der Waals surface area contributed by atoms with Gasteiger partial charge in [0.2, 0.25) is 0 Å². The van der Waals surface area contributed by atoms with Crippen molar-refractivity contribution in [3.05, 3.63) is 48.0 Å². The van der Waals surface area contributed by atoms with Crippen molar-refractivity contribution in [1.82, 2.24) is 4.98 Å². The Labute approximate surface area is 123 Å². The van der Waals surface area contributed by atoms with Crippen molar-refractivity contribution >= 4 is 21.8 Å². The van der Waals surface area contributed by atoms with E-state index >= 15 is 0 Å². The molecule has 2 aromatic carbocycles. The summed E-state index contributed by atoms with van der Waals surface area (Å²) < 4.78 is 41.9. The van der Waals surface area contributed by atoms with Crippen LogP contribution in [0.4, 0.5) is 13.2 Å². The Morgan fingerprint density at radius 2 is 1.86 bits per heavy atom. The van der Waals surface area contributed by atoms with Crippen LogP contribution >= 0.6 is 0 Å². The molecule has 0 N–H and O–H groups in total. The molecule has 110 valence electrons. The summed E-state index contributed by atoms with van der Waals surface area (Å²) in [5, 5.41) is 10.4. The lowest BCUT2D eigenvalue weighted by atomic mass is 10.1. The van der Waals surface area contributed by atoms with Crippen LogP contribution in [-0.2, 0) is 0 Å². The van der Waals surface area contributed by atoms with Gasteiger partial charge in [0, 0.05) is 16.8 Å². The second-order valence-corrected chi connectivity index (χ2v) is 4.74. The van der Waals surface area contributed by atoms with E-state index in [0.717, 1.165) is 5.39 Å². The second-order valence-electron chi connectivity index (χ2n) is 4.74. The SMILES string of the molecule is N#Cc1cc(OCC(F)(F)F)c2nc3ccccc3cc2c1. The Balaban J connectivity index is 2.20. The van der Waals surface area contributed by atoms with Crippen LogP contribution in [0.25, 0.3) is 21.8 Å². The highest BCUT2D eigenvalue weighted by molar-refractivity contribution is 5.96.